The number of hydrogen-bond donors (Lipinski definition) is 2. The molecule has 28 heavy (non-hydrogen) atoms. The van der Waals surface area contributed by atoms with Crippen molar-refractivity contribution in [2.24, 2.45) is 5.73 Å². The average molecular weight is 407 g/mol. The fraction of sp³-hybridized carbons (Fsp3) is 0.455. The van der Waals surface area contributed by atoms with Gasteiger partial charge in [-0.05, 0) is 51.7 Å². The van der Waals surface area contributed by atoms with Crippen LogP contribution in [0, 0.1) is 0 Å². The van der Waals surface area contributed by atoms with Crippen molar-refractivity contribution in [1.29, 1.82) is 0 Å². The zero-order valence-electron chi connectivity index (χ0n) is 17.5. The largest absolute Gasteiger partial charge is 0.382 e. The lowest BCUT2D eigenvalue weighted by Gasteiger charge is -2.09. The molecule has 0 amide bonds. The molecule has 0 aliphatic carbocycles. The van der Waals surface area contributed by atoms with Gasteiger partial charge in [0.1, 0.15) is 0 Å². The summed E-state index contributed by atoms with van der Waals surface area (Å²) < 4.78 is 19.3. The Morgan fingerprint density at radius 2 is 1.36 bits per heavy atom. The highest BCUT2D eigenvalue weighted by molar-refractivity contribution is 7.17. The number of benzene rings is 2. The van der Waals surface area contributed by atoms with E-state index in [4.69, 9.17) is 10.5 Å². The predicted molar refractivity (Wildman–Crippen MR) is 117 cm³/mol. The van der Waals surface area contributed by atoms with E-state index in [0.29, 0.717) is 0 Å². The monoisotopic (exact) mass is 406 g/mol. The molecule has 0 aliphatic heterocycles. The molecule has 0 spiro atoms. The molecule has 6 heteroatoms. The molecule has 0 saturated heterocycles. The van der Waals surface area contributed by atoms with Crippen molar-refractivity contribution in [3.63, 3.8) is 0 Å². The van der Waals surface area contributed by atoms with Gasteiger partial charge in [-0.15, -0.1) is 0 Å². The van der Waals surface area contributed by atoms with Crippen LogP contribution in [0.4, 0.5) is 0 Å². The van der Waals surface area contributed by atoms with Crippen LogP contribution in [0.3, 0.4) is 0 Å². The SMILES string of the molecule is CCOCC.C[C@@H](Cc1ccccc1)NOP=O.C[C@H](N)Cc1ccccc1. The normalized spacial score (nSPS) is 12.2. The van der Waals surface area contributed by atoms with Crippen molar-refractivity contribution in [2.45, 2.75) is 52.6 Å². The molecular weight excluding hydrogens is 371 g/mol. The van der Waals surface area contributed by atoms with Crippen LogP contribution < -0.4 is 11.2 Å². The summed E-state index contributed by atoms with van der Waals surface area (Å²) in [6.45, 7) is 9.66. The van der Waals surface area contributed by atoms with Gasteiger partial charge >= 0.3 is 8.69 Å². The third-order valence-corrected chi connectivity index (χ3v) is 3.66. The summed E-state index contributed by atoms with van der Waals surface area (Å²) in [5, 5.41) is 0. The van der Waals surface area contributed by atoms with Crippen LogP contribution in [-0.4, -0.2) is 25.3 Å². The summed E-state index contributed by atoms with van der Waals surface area (Å²) >= 11 is 0. The van der Waals surface area contributed by atoms with E-state index in [1.54, 1.807) is 0 Å². The van der Waals surface area contributed by atoms with Gasteiger partial charge in [-0.2, -0.15) is 5.48 Å². The van der Waals surface area contributed by atoms with Gasteiger partial charge in [-0.1, -0.05) is 60.7 Å². The van der Waals surface area contributed by atoms with E-state index in [1.165, 1.54) is 11.1 Å². The van der Waals surface area contributed by atoms with Crippen molar-refractivity contribution < 1.29 is 13.9 Å². The van der Waals surface area contributed by atoms with Crippen molar-refractivity contribution in [3.05, 3.63) is 71.8 Å². The van der Waals surface area contributed by atoms with E-state index in [0.717, 1.165) is 26.1 Å². The van der Waals surface area contributed by atoms with E-state index in [-0.39, 0.29) is 20.8 Å². The zero-order valence-corrected chi connectivity index (χ0v) is 18.4. The van der Waals surface area contributed by atoms with Gasteiger partial charge in [0.15, 0.2) is 0 Å². The Labute approximate surface area is 171 Å². The third-order valence-electron chi connectivity index (χ3n) is 3.48. The van der Waals surface area contributed by atoms with Crippen LogP contribution in [0.1, 0.15) is 38.8 Å². The standard InChI is InChI=1S/C9H12NO2P.C9H13N.C4H10O/c1-8(10-12-13-11)7-9-5-3-2-4-6-9;1-8(10)7-9-5-3-2-4-6-9;1-3-5-4-2/h2-6,8,10H,7H2,1H3;2-6,8H,7,10H2,1H3;3-4H2,1-2H3/t2*8-;/m00./s1. The summed E-state index contributed by atoms with van der Waals surface area (Å²) in [6, 6.07) is 20.8. The number of hydroxylamine groups is 1. The molecule has 2 aromatic rings. The summed E-state index contributed by atoms with van der Waals surface area (Å²) in [4.78, 5) is 0. The highest BCUT2D eigenvalue weighted by atomic mass is 31.1. The number of nitrogens with one attached hydrogen (secondary N) is 1. The molecule has 2 aromatic carbocycles. The molecular formula is C22H35N2O3P. The van der Waals surface area contributed by atoms with Crippen LogP contribution in [0.15, 0.2) is 60.7 Å². The number of nitrogens with two attached hydrogens (primary N) is 1. The van der Waals surface area contributed by atoms with Crippen LogP contribution in [-0.2, 0) is 26.8 Å². The fourth-order valence-corrected chi connectivity index (χ4v) is 2.53. The van der Waals surface area contributed by atoms with Gasteiger partial charge in [0.2, 0.25) is 0 Å². The third kappa shape index (κ3) is 16.5. The number of ether oxygens (including phenoxy) is 1. The highest BCUT2D eigenvalue weighted by Crippen LogP contribution is 2.03. The Kier molecular flexibility index (Phi) is 17.6. The lowest BCUT2D eigenvalue weighted by Crippen LogP contribution is -2.25. The first-order valence-electron chi connectivity index (χ1n) is 9.68. The Morgan fingerprint density at radius 1 is 0.893 bits per heavy atom. The van der Waals surface area contributed by atoms with Gasteiger partial charge < -0.3 is 10.5 Å². The van der Waals surface area contributed by atoms with Gasteiger partial charge in [-0.3, -0.25) is 0 Å². The Hall–Kier alpha value is -1.62. The Morgan fingerprint density at radius 3 is 1.71 bits per heavy atom. The van der Waals surface area contributed by atoms with Crippen molar-refractivity contribution in [2.75, 3.05) is 13.2 Å². The second-order valence-electron chi connectivity index (χ2n) is 6.32. The summed E-state index contributed by atoms with van der Waals surface area (Å²) in [5.41, 5.74) is 10.8. The average Bonchev–Trinajstić information content (AvgIpc) is 2.69. The van der Waals surface area contributed by atoms with Gasteiger partial charge in [0, 0.05) is 25.3 Å². The van der Waals surface area contributed by atoms with E-state index in [1.807, 2.05) is 76.2 Å². The van der Waals surface area contributed by atoms with Gasteiger partial charge in [0.25, 0.3) is 0 Å². The maximum Gasteiger partial charge on any atom is 0.346 e. The van der Waals surface area contributed by atoms with Crippen molar-refractivity contribution in [3.8, 4) is 0 Å². The molecule has 0 bridgehead atoms. The zero-order chi connectivity index (χ0) is 21.0. The molecule has 0 heterocycles. The molecule has 156 valence electrons. The van der Waals surface area contributed by atoms with Crippen molar-refractivity contribution in [1.82, 2.24) is 5.48 Å². The van der Waals surface area contributed by atoms with E-state index < -0.39 is 0 Å². The first kappa shape index (κ1) is 26.4. The molecule has 0 saturated carbocycles. The van der Waals surface area contributed by atoms with Crippen LogP contribution in [0.5, 0.6) is 0 Å². The minimum atomic E-state index is -0.335. The predicted octanol–water partition coefficient (Wildman–Crippen LogP) is 4.96. The molecule has 5 nitrogen and oxygen atoms in total. The Balaban J connectivity index is 0.000000431. The van der Waals surface area contributed by atoms with E-state index >= 15 is 0 Å². The minimum Gasteiger partial charge on any atom is -0.382 e. The summed E-state index contributed by atoms with van der Waals surface area (Å²) in [5.74, 6) is 0. The van der Waals surface area contributed by atoms with E-state index in [9.17, 15) is 4.57 Å². The highest BCUT2D eigenvalue weighted by Gasteiger charge is 2.02. The number of rotatable bonds is 9. The Bertz CT molecular complexity index is 581. The van der Waals surface area contributed by atoms with Crippen LogP contribution in [0.2, 0.25) is 0 Å². The second kappa shape index (κ2) is 18.7. The lowest BCUT2D eigenvalue weighted by molar-refractivity contribution is 0.162. The smallest absolute Gasteiger partial charge is 0.346 e. The van der Waals surface area contributed by atoms with Crippen LogP contribution in [0.25, 0.3) is 0 Å². The first-order chi connectivity index (χ1) is 13.5. The minimum absolute atomic E-state index is 0.156. The maximum absolute atomic E-state index is 9.97. The fourth-order valence-electron chi connectivity index (χ4n) is 2.31. The molecule has 2 rings (SSSR count). The first-order valence-corrected chi connectivity index (χ1v) is 10.4. The van der Waals surface area contributed by atoms with Crippen LogP contribution >= 0.6 is 8.69 Å². The summed E-state index contributed by atoms with van der Waals surface area (Å²) in [7, 11) is -0.335. The van der Waals surface area contributed by atoms with Gasteiger partial charge in [-0.25, -0.2) is 9.19 Å². The van der Waals surface area contributed by atoms with E-state index in [2.05, 4.69) is 22.2 Å². The van der Waals surface area contributed by atoms with Gasteiger partial charge in [0.05, 0.1) is 0 Å². The van der Waals surface area contributed by atoms with Crippen molar-refractivity contribution >= 4 is 8.69 Å². The quantitative estimate of drug-likeness (QED) is 0.455. The second-order valence-corrected chi connectivity index (χ2v) is 6.65. The number of hydrogen-bond acceptors (Lipinski definition) is 5. The molecule has 0 unspecified atom stereocenters. The maximum atomic E-state index is 9.97. The molecule has 0 fully saturated rings. The summed E-state index contributed by atoms with van der Waals surface area (Å²) in [6.07, 6.45) is 1.83. The molecule has 0 radical (unpaired) electrons. The lowest BCUT2D eigenvalue weighted by atomic mass is 10.1. The molecule has 2 atom stereocenters. The molecule has 3 N–H and O–H groups in total. The molecule has 0 aliphatic rings. The topological polar surface area (TPSA) is 73.6 Å². The molecule has 0 aromatic heterocycles.